The lowest BCUT2D eigenvalue weighted by Crippen LogP contribution is -2.46. The van der Waals surface area contributed by atoms with E-state index in [0.717, 1.165) is 35.7 Å². The Morgan fingerprint density at radius 3 is 2.50 bits per heavy atom. The topological polar surface area (TPSA) is 45.6 Å². The Hall–Kier alpha value is -1.13. The minimum atomic E-state index is 0.0363. The fourth-order valence-corrected chi connectivity index (χ4v) is 2.65. The molecule has 2 atom stereocenters. The molecule has 1 aromatic heterocycles. The van der Waals surface area contributed by atoms with Crippen molar-refractivity contribution in [2.24, 2.45) is 0 Å². The maximum Gasteiger partial charge on any atom is 0.134 e. The number of aliphatic hydroxyl groups is 1. The smallest absolute Gasteiger partial charge is 0.134 e. The van der Waals surface area contributed by atoms with Gasteiger partial charge in [0.25, 0.3) is 0 Å². The second-order valence-electron chi connectivity index (χ2n) is 5.20. The van der Waals surface area contributed by atoms with E-state index in [4.69, 9.17) is 4.74 Å². The zero-order valence-corrected chi connectivity index (χ0v) is 11.6. The number of pyridine rings is 1. The second-order valence-corrected chi connectivity index (χ2v) is 5.20. The van der Waals surface area contributed by atoms with Crippen LogP contribution in [-0.4, -0.2) is 35.4 Å². The van der Waals surface area contributed by atoms with Gasteiger partial charge in [0.2, 0.25) is 0 Å². The number of aliphatic hydroxyl groups excluding tert-OH is 1. The molecule has 18 heavy (non-hydrogen) atoms. The summed E-state index contributed by atoms with van der Waals surface area (Å²) in [6.45, 7) is 9.85. The molecule has 2 rings (SSSR count). The minimum absolute atomic E-state index is 0.0363. The summed E-state index contributed by atoms with van der Waals surface area (Å²) in [6, 6.07) is 2.02. The fourth-order valence-electron chi connectivity index (χ4n) is 2.65. The Kier molecular flexibility index (Phi) is 3.88. The molecule has 1 fully saturated rings. The highest BCUT2D eigenvalue weighted by Gasteiger charge is 2.25. The maximum atomic E-state index is 9.55. The monoisotopic (exact) mass is 250 g/mol. The Labute approximate surface area is 109 Å². The van der Waals surface area contributed by atoms with Gasteiger partial charge in [-0.25, -0.2) is 4.98 Å². The quantitative estimate of drug-likeness (QED) is 0.869. The van der Waals surface area contributed by atoms with Gasteiger partial charge < -0.3 is 14.7 Å². The van der Waals surface area contributed by atoms with Crippen LogP contribution < -0.4 is 4.90 Å². The molecule has 1 aliphatic heterocycles. The first-order valence-corrected chi connectivity index (χ1v) is 6.49. The van der Waals surface area contributed by atoms with Crippen molar-refractivity contribution < 1.29 is 9.84 Å². The highest BCUT2D eigenvalue weighted by Crippen LogP contribution is 2.25. The van der Waals surface area contributed by atoms with Gasteiger partial charge in [-0.1, -0.05) is 0 Å². The summed E-state index contributed by atoms with van der Waals surface area (Å²) in [5.74, 6) is 0.914. The molecule has 0 bridgehead atoms. The summed E-state index contributed by atoms with van der Waals surface area (Å²) in [5.41, 5.74) is 3.03. The molecular weight excluding hydrogens is 228 g/mol. The van der Waals surface area contributed by atoms with Crippen LogP contribution in [0.15, 0.2) is 6.07 Å². The van der Waals surface area contributed by atoms with Gasteiger partial charge in [-0.15, -0.1) is 0 Å². The average Bonchev–Trinajstić information content (AvgIpc) is 2.26. The number of aromatic nitrogens is 1. The molecule has 1 saturated heterocycles. The van der Waals surface area contributed by atoms with E-state index in [1.54, 1.807) is 0 Å². The summed E-state index contributed by atoms with van der Waals surface area (Å²) >= 11 is 0. The summed E-state index contributed by atoms with van der Waals surface area (Å²) < 4.78 is 5.74. The van der Waals surface area contributed by atoms with Crippen LogP contribution in [0, 0.1) is 13.8 Å². The summed E-state index contributed by atoms with van der Waals surface area (Å²) in [5, 5.41) is 9.55. The van der Waals surface area contributed by atoms with E-state index < -0.39 is 0 Å². The van der Waals surface area contributed by atoms with Crippen LogP contribution in [0.2, 0.25) is 0 Å². The number of hydrogen-bond acceptors (Lipinski definition) is 4. The van der Waals surface area contributed by atoms with E-state index in [0.29, 0.717) is 0 Å². The lowest BCUT2D eigenvalue weighted by Gasteiger charge is -2.37. The number of hydrogen-bond donors (Lipinski definition) is 1. The number of nitrogens with zero attached hydrogens (tertiary/aromatic N) is 2. The van der Waals surface area contributed by atoms with Crippen molar-refractivity contribution in [1.29, 1.82) is 0 Å². The van der Waals surface area contributed by atoms with Crippen molar-refractivity contribution >= 4 is 5.82 Å². The number of ether oxygens (including phenoxy) is 1. The van der Waals surface area contributed by atoms with E-state index in [1.165, 1.54) is 0 Å². The summed E-state index contributed by atoms with van der Waals surface area (Å²) in [6.07, 6.45) is 0.394. The molecule has 4 heteroatoms. The van der Waals surface area contributed by atoms with Crippen LogP contribution in [0.5, 0.6) is 0 Å². The Morgan fingerprint density at radius 1 is 1.33 bits per heavy atom. The van der Waals surface area contributed by atoms with Gasteiger partial charge in [0.05, 0.1) is 18.8 Å². The molecule has 1 aromatic rings. The summed E-state index contributed by atoms with van der Waals surface area (Å²) in [7, 11) is 0. The van der Waals surface area contributed by atoms with Crippen LogP contribution in [0.25, 0.3) is 0 Å². The predicted octanol–water partition coefficient (Wildman–Crippen LogP) is 1.80. The van der Waals surface area contributed by atoms with Gasteiger partial charge in [0.1, 0.15) is 5.82 Å². The molecule has 0 aliphatic carbocycles. The van der Waals surface area contributed by atoms with E-state index in [2.05, 4.69) is 23.7 Å². The van der Waals surface area contributed by atoms with E-state index in [-0.39, 0.29) is 18.8 Å². The molecule has 2 heterocycles. The SMILES string of the molecule is Cc1cc(C)c(CO)c(N2CC(C)OC(C)C2)n1. The normalized spacial score (nSPS) is 24.4. The van der Waals surface area contributed by atoms with Crippen molar-refractivity contribution in [3.63, 3.8) is 0 Å². The van der Waals surface area contributed by atoms with Crippen molar-refractivity contribution in [3.8, 4) is 0 Å². The first kappa shape index (κ1) is 13.3. The highest BCUT2D eigenvalue weighted by atomic mass is 16.5. The molecule has 1 N–H and O–H groups in total. The lowest BCUT2D eigenvalue weighted by atomic mass is 10.1. The molecule has 2 unspecified atom stereocenters. The molecule has 0 spiro atoms. The number of aryl methyl sites for hydroxylation is 2. The Bertz CT molecular complexity index is 424. The zero-order chi connectivity index (χ0) is 13.3. The largest absolute Gasteiger partial charge is 0.392 e. The van der Waals surface area contributed by atoms with Crippen molar-refractivity contribution in [3.05, 3.63) is 22.9 Å². The van der Waals surface area contributed by atoms with E-state index >= 15 is 0 Å². The summed E-state index contributed by atoms with van der Waals surface area (Å²) in [4.78, 5) is 6.83. The van der Waals surface area contributed by atoms with Crippen molar-refractivity contribution in [2.75, 3.05) is 18.0 Å². The average molecular weight is 250 g/mol. The standard InChI is InChI=1S/C14H22N2O2/c1-9-5-10(2)15-14(13(9)8-17)16-6-11(3)18-12(4)7-16/h5,11-12,17H,6-8H2,1-4H3. The molecular formula is C14H22N2O2. The van der Waals surface area contributed by atoms with Crippen molar-refractivity contribution in [1.82, 2.24) is 4.98 Å². The number of anilines is 1. The molecule has 0 radical (unpaired) electrons. The van der Waals surface area contributed by atoms with Gasteiger partial charge in [-0.3, -0.25) is 0 Å². The van der Waals surface area contributed by atoms with Crippen LogP contribution >= 0.6 is 0 Å². The third-order valence-electron chi connectivity index (χ3n) is 3.33. The second kappa shape index (κ2) is 5.24. The maximum absolute atomic E-state index is 9.55. The molecule has 100 valence electrons. The number of morpholine rings is 1. The van der Waals surface area contributed by atoms with Gasteiger partial charge >= 0.3 is 0 Å². The minimum Gasteiger partial charge on any atom is -0.392 e. The third-order valence-corrected chi connectivity index (χ3v) is 3.33. The lowest BCUT2D eigenvalue weighted by molar-refractivity contribution is -0.00558. The molecule has 4 nitrogen and oxygen atoms in total. The van der Waals surface area contributed by atoms with Crippen LogP contribution in [0.1, 0.15) is 30.7 Å². The van der Waals surface area contributed by atoms with Gasteiger partial charge in [-0.05, 0) is 39.3 Å². The van der Waals surface area contributed by atoms with Gasteiger partial charge in [-0.2, -0.15) is 0 Å². The zero-order valence-electron chi connectivity index (χ0n) is 11.6. The molecule has 0 aromatic carbocycles. The first-order chi connectivity index (χ1) is 8.51. The Balaban J connectivity index is 2.37. The van der Waals surface area contributed by atoms with E-state index in [9.17, 15) is 5.11 Å². The predicted molar refractivity (Wildman–Crippen MR) is 71.9 cm³/mol. The molecule has 0 amide bonds. The Morgan fingerprint density at radius 2 is 1.94 bits per heavy atom. The van der Waals surface area contributed by atoms with Crippen LogP contribution in [0.4, 0.5) is 5.82 Å². The first-order valence-electron chi connectivity index (χ1n) is 6.49. The van der Waals surface area contributed by atoms with Crippen LogP contribution in [0.3, 0.4) is 0 Å². The fraction of sp³-hybridized carbons (Fsp3) is 0.643. The third kappa shape index (κ3) is 2.65. The van der Waals surface area contributed by atoms with E-state index in [1.807, 2.05) is 19.9 Å². The molecule has 1 aliphatic rings. The van der Waals surface area contributed by atoms with Gasteiger partial charge in [0.15, 0.2) is 0 Å². The number of rotatable bonds is 2. The molecule has 0 saturated carbocycles. The highest BCUT2D eigenvalue weighted by molar-refractivity contribution is 5.51. The van der Waals surface area contributed by atoms with Crippen molar-refractivity contribution in [2.45, 2.75) is 46.5 Å². The van der Waals surface area contributed by atoms with Crippen LogP contribution in [-0.2, 0) is 11.3 Å². The van der Waals surface area contributed by atoms with Gasteiger partial charge in [0, 0.05) is 24.3 Å².